The summed E-state index contributed by atoms with van der Waals surface area (Å²) in [6, 6.07) is 6.45. The van der Waals surface area contributed by atoms with Crippen LogP contribution in [0, 0.1) is 0 Å². The third-order valence-corrected chi connectivity index (χ3v) is 1.94. The van der Waals surface area contributed by atoms with Crippen molar-refractivity contribution in [1.82, 2.24) is 0 Å². The molecule has 17 heavy (non-hydrogen) atoms. The molecule has 0 radical (unpaired) electrons. The van der Waals surface area contributed by atoms with Crippen LogP contribution in [0.4, 0.5) is 0 Å². The number of rotatable bonds is 5. The van der Waals surface area contributed by atoms with Crippen molar-refractivity contribution >= 4 is 18.0 Å². The monoisotopic (exact) mass is 236 g/mol. The molecule has 90 valence electrons. The Balaban J connectivity index is 2.80. The molecule has 0 bridgehead atoms. The fourth-order valence-electron chi connectivity index (χ4n) is 1.19. The van der Waals surface area contributed by atoms with Crippen LogP contribution in [0.2, 0.25) is 0 Å². The third-order valence-electron chi connectivity index (χ3n) is 1.94. The molecule has 5 nitrogen and oxygen atoms in total. The molecule has 0 atom stereocenters. The van der Waals surface area contributed by atoms with Gasteiger partial charge >= 0.3 is 11.9 Å². The standard InChI is InChI=1S/C12H12O5/c1-2-3-8-4-6-9(7-5-8)17-10(11(13)14)12(15)16/h2-7,10H,1H3,(H,13,14)(H,15,16). The maximum atomic E-state index is 10.6. The summed E-state index contributed by atoms with van der Waals surface area (Å²) in [7, 11) is 0. The van der Waals surface area contributed by atoms with Gasteiger partial charge in [0.15, 0.2) is 0 Å². The molecule has 1 rings (SSSR count). The van der Waals surface area contributed by atoms with Gasteiger partial charge in [0.1, 0.15) is 5.75 Å². The Bertz CT molecular complexity index is 419. The van der Waals surface area contributed by atoms with Crippen molar-refractivity contribution in [2.24, 2.45) is 0 Å². The van der Waals surface area contributed by atoms with Gasteiger partial charge < -0.3 is 14.9 Å². The molecule has 1 aromatic rings. The molecule has 0 aliphatic carbocycles. The van der Waals surface area contributed by atoms with Crippen molar-refractivity contribution in [3.8, 4) is 5.75 Å². The van der Waals surface area contributed by atoms with Crippen molar-refractivity contribution < 1.29 is 24.5 Å². The van der Waals surface area contributed by atoms with Crippen molar-refractivity contribution in [1.29, 1.82) is 0 Å². The van der Waals surface area contributed by atoms with Crippen LogP contribution in [0.1, 0.15) is 12.5 Å². The first-order chi connectivity index (χ1) is 8.04. The smallest absolute Gasteiger partial charge is 0.356 e. The van der Waals surface area contributed by atoms with Crippen molar-refractivity contribution in [2.75, 3.05) is 0 Å². The fourth-order valence-corrected chi connectivity index (χ4v) is 1.19. The van der Waals surface area contributed by atoms with Crippen LogP contribution >= 0.6 is 0 Å². The van der Waals surface area contributed by atoms with E-state index in [-0.39, 0.29) is 5.75 Å². The summed E-state index contributed by atoms with van der Waals surface area (Å²) in [4.78, 5) is 21.2. The summed E-state index contributed by atoms with van der Waals surface area (Å²) < 4.78 is 4.85. The van der Waals surface area contributed by atoms with E-state index in [0.29, 0.717) is 0 Å². The number of benzene rings is 1. The Morgan fingerprint density at radius 2 is 1.71 bits per heavy atom. The first-order valence-corrected chi connectivity index (χ1v) is 4.89. The molecule has 0 aliphatic rings. The normalized spacial score (nSPS) is 10.7. The molecule has 0 saturated heterocycles. The van der Waals surface area contributed by atoms with Crippen molar-refractivity contribution in [3.05, 3.63) is 35.9 Å². The fraction of sp³-hybridized carbons (Fsp3) is 0.167. The second-order valence-corrected chi connectivity index (χ2v) is 3.24. The second-order valence-electron chi connectivity index (χ2n) is 3.24. The Labute approximate surface area is 98.0 Å². The molecule has 0 amide bonds. The first-order valence-electron chi connectivity index (χ1n) is 4.89. The van der Waals surface area contributed by atoms with Crippen molar-refractivity contribution in [3.63, 3.8) is 0 Å². The zero-order chi connectivity index (χ0) is 12.8. The van der Waals surface area contributed by atoms with E-state index < -0.39 is 18.0 Å². The van der Waals surface area contributed by atoms with Gasteiger partial charge in [0, 0.05) is 0 Å². The predicted octanol–water partition coefficient (Wildman–Crippen LogP) is 1.64. The summed E-state index contributed by atoms with van der Waals surface area (Å²) in [5.74, 6) is -2.86. The Morgan fingerprint density at radius 3 is 2.12 bits per heavy atom. The maximum absolute atomic E-state index is 10.6. The zero-order valence-electron chi connectivity index (χ0n) is 9.16. The minimum Gasteiger partial charge on any atom is -0.478 e. The molecule has 0 heterocycles. The minimum absolute atomic E-state index is 0.202. The molecule has 5 heteroatoms. The Hall–Kier alpha value is -2.30. The van der Waals surface area contributed by atoms with Gasteiger partial charge in [-0.1, -0.05) is 24.3 Å². The molecule has 0 fully saturated rings. The van der Waals surface area contributed by atoms with Crippen LogP contribution < -0.4 is 4.74 Å². The lowest BCUT2D eigenvalue weighted by Gasteiger charge is -2.10. The molecule has 0 aliphatic heterocycles. The molecular formula is C12H12O5. The maximum Gasteiger partial charge on any atom is 0.356 e. The summed E-state index contributed by atoms with van der Waals surface area (Å²) >= 11 is 0. The number of carbonyl (C=O) groups is 2. The van der Waals surface area contributed by atoms with Gasteiger partial charge in [0.05, 0.1) is 0 Å². The lowest BCUT2D eigenvalue weighted by Crippen LogP contribution is -2.35. The van der Waals surface area contributed by atoms with Gasteiger partial charge in [-0.15, -0.1) is 0 Å². The van der Waals surface area contributed by atoms with Gasteiger partial charge in [0.2, 0.25) is 0 Å². The van der Waals surface area contributed by atoms with E-state index >= 15 is 0 Å². The van der Waals surface area contributed by atoms with Crippen LogP contribution in [-0.2, 0) is 9.59 Å². The predicted molar refractivity (Wildman–Crippen MR) is 60.8 cm³/mol. The molecule has 2 N–H and O–H groups in total. The van der Waals surface area contributed by atoms with E-state index in [1.807, 2.05) is 19.1 Å². The quantitative estimate of drug-likeness (QED) is 0.759. The van der Waals surface area contributed by atoms with E-state index in [0.717, 1.165) is 5.56 Å². The minimum atomic E-state index is -1.89. The topological polar surface area (TPSA) is 83.8 Å². The molecule has 0 spiro atoms. The highest BCUT2D eigenvalue weighted by molar-refractivity contribution is 5.96. The van der Waals surface area contributed by atoms with Crippen molar-refractivity contribution in [2.45, 2.75) is 13.0 Å². The van der Waals surface area contributed by atoms with Crippen LogP contribution in [-0.4, -0.2) is 28.3 Å². The second kappa shape index (κ2) is 5.69. The molecule has 0 unspecified atom stereocenters. The Kier molecular flexibility index (Phi) is 4.28. The molecular weight excluding hydrogens is 224 g/mol. The summed E-state index contributed by atoms with van der Waals surface area (Å²) in [6.45, 7) is 1.87. The molecule has 0 saturated carbocycles. The van der Waals surface area contributed by atoms with E-state index in [9.17, 15) is 9.59 Å². The SMILES string of the molecule is CC=Cc1ccc(OC(C(=O)O)C(=O)O)cc1. The average Bonchev–Trinajstić information content (AvgIpc) is 2.27. The van der Waals surface area contributed by atoms with E-state index in [4.69, 9.17) is 14.9 Å². The zero-order valence-corrected chi connectivity index (χ0v) is 9.16. The Morgan fingerprint density at radius 1 is 1.18 bits per heavy atom. The van der Waals surface area contributed by atoms with Gasteiger partial charge in [0.25, 0.3) is 6.10 Å². The lowest BCUT2D eigenvalue weighted by atomic mass is 10.2. The molecule has 0 aromatic heterocycles. The van der Waals surface area contributed by atoms with Gasteiger partial charge in [-0.25, -0.2) is 9.59 Å². The number of carboxylic acid groups (broad SMARTS) is 2. The van der Waals surface area contributed by atoms with E-state index in [2.05, 4.69) is 0 Å². The van der Waals surface area contributed by atoms with Crippen LogP contribution in [0.5, 0.6) is 5.75 Å². The highest BCUT2D eigenvalue weighted by Crippen LogP contribution is 2.15. The first kappa shape index (κ1) is 12.8. The number of ether oxygens (including phenoxy) is 1. The van der Waals surface area contributed by atoms with Crippen LogP contribution in [0.25, 0.3) is 6.08 Å². The summed E-state index contributed by atoms with van der Waals surface area (Å²) in [5.41, 5.74) is 0.919. The van der Waals surface area contributed by atoms with Gasteiger partial charge in [-0.05, 0) is 24.6 Å². The number of aliphatic carboxylic acids is 2. The van der Waals surface area contributed by atoms with Gasteiger partial charge in [-0.2, -0.15) is 0 Å². The highest BCUT2D eigenvalue weighted by Gasteiger charge is 2.27. The van der Waals surface area contributed by atoms with Crippen LogP contribution in [0.3, 0.4) is 0 Å². The lowest BCUT2D eigenvalue weighted by molar-refractivity contribution is -0.159. The summed E-state index contributed by atoms with van der Waals surface area (Å²) in [6.07, 6.45) is 1.82. The number of hydrogen-bond acceptors (Lipinski definition) is 3. The number of hydrogen-bond donors (Lipinski definition) is 2. The highest BCUT2D eigenvalue weighted by atomic mass is 16.5. The summed E-state index contributed by atoms with van der Waals surface area (Å²) in [5, 5.41) is 17.3. The average molecular weight is 236 g/mol. The third kappa shape index (κ3) is 3.64. The number of carboxylic acids is 2. The van der Waals surface area contributed by atoms with E-state index in [1.165, 1.54) is 12.1 Å². The van der Waals surface area contributed by atoms with E-state index in [1.54, 1.807) is 12.1 Å². The van der Waals surface area contributed by atoms with Gasteiger partial charge in [-0.3, -0.25) is 0 Å². The molecule has 1 aromatic carbocycles. The van der Waals surface area contributed by atoms with Crippen LogP contribution in [0.15, 0.2) is 30.3 Å². The largest absolute Gasteiger partial charge is 0.478 e. The number of allylic oxidation sites excluding steroid dienone is 1.